The molecular weight excluding hydrogens is 428 g/mol. The fourth-order valence-corrected chi connectivity index (χ4v) is 3.79. The molecule has 7 heteroatoms. The lowest BCUT2D eigenvalue weighted by atomic mass is 10.1. The van der Waals surface area contributed by atoms with E-state index in [1.54, 1.807) is 32.4 Å². The Labute approximate surface area is 198 Å². The highest BCUT2D eigenvalue weighted by molar-refractivity contribution is 6.10. The van der Waals surface area contributed by atoms with Crippen LogP contribution in [-0.4, -0.2) is 37.6 Å². The van der Waals surface area contributed by atoms with E-state index < -0.39 is 0 Å². The molecule has 0 spiro atoms. The van der Waals surface area contributed by atoms with E-state index in [4.69, 9.17) is 9.47 Å². The van der Waals surface area contributed by atoms with Gasteiger partial charge in [0.25, 0.3) is 5.91 Å². The number of carbonyl (C=O) groups excluding carboxylic acids is 1. The molecule has 3 N–H and O–H groups in total. The molecule has 4 aromatic rings. The van der Waals surface area contributed by atoms with E-state index >= 15 is 0 Å². The summed E-state index contributed by atoms with van der Waals surface area (Å²) in [7, 11) is 3.17. The van der Waals surface area contributed by atoms with Gasteiger partial charge in [0.1, 0.15) is 0 Å². The van der Waals surface area contributed by atoms with Crippen LogP contribution in [0.4, 0.5) is 5.69 Å². The summed E-state index contributed by atoms with van der Waals surface area (Å²) in [6.45, 7) is 2.40. The summed E-state index contributed by atoms with van der Waals surface area (Å²) in [4.78, 5) is 20.9. The average molecular weight is 457 g/mol. The van der Waals surface area contributed by atoms with Crippen LogP contribution >= 0.6 is 0 Å². The number of anilines is 1. The van der Waals surface area contributed by atoms with E-state index in [9.17, 15) is 4.79 Å². The van der Waals surface area contributed by atoms with Crippen molar-refractivity contribution in [2.24, 2.45) is 4.99 Å². The van der Waals surface area contributed by atoms with Crippen molar-refractivity contribution in [1.82, 2.24) is 10.3 Å². The van der Waals surface area contributed by atoms with Crippen molar-refractivity contribution in [2.45, 2.75) is 13.3 Å². The number of para-hydroxylation sites is 1. The van der Waals surface area contributed by atoms with Gasteiger partial charge < -0.3 is 19.8 Å². The number of hydrogen-bond donors (Lipinski definition) is 3. The smallest absolute Gasteiger partial charge is 0.258 e. The Balaban J connectivity index is 1.56. The summed E-state index contributed by atoms with van der Waals surface area (Å²) >= 11 is 0. The van der Waals surface area contributed by atoms with E-state index in [2.05, 4.69) is 32.7 Å². The molecule has 0 fully saturated rings. The van der Waals surface area contributed by atoms with Crippen molar-refractivity contribution in [3.8, 4) is 11.5 Å². The van der Waals surface area contributed by atoms with Gasteiger partial charge in [-0.3, -0.25) is 15.1 Å². The first-order chi connectivity index (χ1) is 16.6. The number of nitrogens with one attached hydrogen (secondary N) is 3. The van der Waals surface area contributed by atoms with Crippen LogP contribution in [0.15, 0.2) is 77.9 Å². The Morgan fingerprint density at radius 1 is 0.971 bits per heavy atom. The highest BCUT2D eigenvalue weighted by Gasteiger charge is 2.13. The van der Waals surface area contributed by atoms with Crippen molar-refractivity contribution < 1.29 is 14.3 Å². The number of aryl methyl sites for hydroxylation is 1. The Kier molecular flexibility index (Phi) is 7.13. The Morgan fingerprint density at radius 2 is 1.74 bits per heavy atom. The van der Waals surface area contributed by atoms with Gasteiger partial charge in [0.2, 0.25) is 5.96 Å². The lowest BCUT2D eigenvalue weighted by Crippen LogP contribution is -2.36. The van der Waals surface area contributed by atoms with E-state index in [0.717, 1.165) is 17.5 Å². The van der Waals surface area contributed by atoms with Gasteiger partial charge in [-0.2, -0.15) is 0 Å². The Morgan fingerprint density at radius 3 is 2.53 bits per heavy atom. The second-order valence-corrected chi connectivity index (χ2v) is 7.80. The van der Waals surface area contributed by atoms with Crippen LogP contribution in [0, 0.1) is 6.92 Å². The highest BCUT2D eigenvalue weighted by Crippen LogP contribution is 2.29. The molecule has 0 aliphatic rings. The maximum absolute atomic E-state index is 13.0. The first kappa shape index (κ1) is 22.9. The molecule has 3 aromatic carbocycles. The summed E-state index contributed by atoms with van der Waals surface area (Å²) in [5, 5.41) is 7.32. The zero-order chi connectivity index (χ0) is 23.9. The Hall–Kier alpha value is -4.26. The lowest BCUT2D eigenvalue weighted by Gasteiger charge is -2.14. The summed E-state index contributed by atoms with van der Waals surface area (Å²) in [6.07, 6.45) is 2.73. The van der Waals surface area contributed by atoms with Crippen LogP contribution < -0.4 is 20.1 Å². The second kappa shape index (κ2) is 10.6. The molecule has 0 atom stereocenters. The number of aromatic nitrogens is 1. The number of aliphatic imine (C=N–C) groups is 1. The van der Waals surface area contributed by atoms with Gasteiger partial charge >= 0.3 is 0 Å². The maximum atomic E-state index is 13.0. The van der Waals surface area contributed by atoms with Gasteiger partial charge in [0.15, 0.2) is 11.5 Å². The van der Waals surface area contributed by atoms with Crippen LogP contribution in [-0.2, 0) is 6.42 Å². The topological polar surface area (TPSA) is 87.7 Å². The van der Waals surface area contributed by atoms with Crippen LogP contribution in [0.25, 0.3) is 10.9 Å². The molecule has 0 unspecified atom stereocenters. The number of guanidine groups is 1. The predicted octanol–water partition coefficient (Wildman–Crippen LogP) is 4.93. The highest BCUT2D eigenvalue weighted by atomic mass is 16.5. The normalized spacial score (nSPS) is 11.3. The SMILES string of the molecule is COc1ccc(NC(=NCCc2c[nH]c3ccccc23)NC(=O)c2ccccc2C)cc1OC. The fraction of sp³-hybridized carbons (Fsp3) is 0.185. The summed E-state index contributed by atoms with van der Waals surface area (Å²) in [6, 6.07) is 21.1. The van der Waals surface area contributed by atoms with Gasteiger partial charge in [-0.15, -0.1) is 0 Å². The number of amides is 1. The van der Waals surface area contributed by atoms with Gasteiger partial charge in [-0.25, -0.2) is 0 Å². The van der Waals surface area contributed by atoms with Gasteiger partial charge in [0.05, 0.1) is 14.2 Å². The molecule has 4 rings (SSSR count). The number of carbonyl (C=O) groups is 1. The number of ether oxygens (including phenoxy) is 2. The summed E-state index contributed by atoms with van der Waals surface area (Å²) < 4.78 is 10.7. The number of hydrogen-bond acceptors (Lipinski definition) is 4. The maximum Gasteiger partial charge on any atom is 0.258 e. The number of benzene rings is 3. The van der Waals surface area contributed by atoms with Gasteiger partial charge in [0, 0.05) is 41.0 Å². The largest absolute Gasteiger partial charge is 0.493 e. The minimum absolute atomic E-state index is 0.225. The quantitative estimate of drug-likeness (QED) is 0.272. The number of nitrogens with zero attached hydrogens (tertiary/aromatic N) is 1. The third-order valence-electron chi connectivity index (χ3n) is 5.59. The van der Waals surface area contributed by atoms with E-state index in [0.29, 0.717) is 35.3 Å². The number of methoxy groups -OCH3 is 2. The number of rotatable bonds is 7. The second-order valence-electron chi connectivity index (χ2n) is 7.80. The van der Waals surface area contributed by atoms with Crippen LogP contribution in [0.2, 0.25) is 0 Å². The molecule has 174 valence electrons. The molecule has 1 heterocycles. The number of aromatic amines is 1. The number of H-pyrrole nitrogens is 1. The first-order valence-corrected chi connectivity index (χ1v) is 11.0. The molecule has 0 saturated carbocycles. The van der Waals surface area contributed by atoms with E-state index in [1.807, 2.05) is 49.5 Å². The molecule has 1 amide bonds. The molecular formula is C27H28N4O3. The monoisotopic (exact) mass is 456 g/mol. The van der Waals surface area contributed by atoms with Crippen molar-refractivity contribution >= 4 is 28.5 Å². The standard InChI is InChI=1S/C27H28N4O3/c1-18-8-4-5-9-21(18)26(32)31-27(30-20-12-13-24(33-2)25(16-20)34-3)28-15-14-19-17-29-23-11-7-6-10-22(19)23/h4-13,16-17,29H,14-15H2,1-3H3,(H2,28,30,31,32). The molecule has 0 saturated heterocycles. The van der Waals surface area contributed by atoms with Crippen molar-refractivity contribution in [1.29, 1.82) is 0 Å². The summed E-state index contributed by atoms with van der Waals surface area (Å²) in [5.41, 5.74) is 4.48. The average Bonchev–Trinajstić information content (AvgIpc) is 3.27. The van der Waals surface area contributed by atoms with Gasteiger partial charge in [-0.1, -0.05) is 36.4 Å². The molecule has 0 bridgehead atoms. The van der Waals surface area contributed by atoms with E-state index in [1.165, 1.54) is 10.9 Å². The Bertz CT molecular complexity index is 1330. The lowest BCUT2D eigenvalue weighted by molar-refractivity contribution is 0.0976. The van der Waals surface area contributed by atoms with E-state index in [-0.39, 0.29) is 5.91 Å². The summed E-state index contributed by atoms with van der Waals surface area (Å²) in [5.74, 6) is 1.34. The fourth-order valence-electron chi connectivity index (χ4n) is 3.79. The molecule has 0 radical (unpaired) electrons. The van der Waals surface area contributed by atoms with Crippen LogP contribution in [0.5, 0.6) is 11.5 Å². The zero-order valence-electron chi connectivity index (χ0n) is 19.5. The molecule has 0 aliphatic carbocycles. The molecule has 0 aliphatic heterocycles. The minimum atomic E-state index is -0.225. The molecule has 1 aromatic heterocycles. The third kappa shape index (κ3) is 5.20. The van der Waals surface area contributed by atoms with Crippen LogP contribution in [0.1, 0.15) is 21.5 Å². The predicted molar refractivity (Wildman–Crippen MR) is 136 cm³/mol. The minimum Gasteiger partial charge on any atom is -0.493 e. The molecule has 7 nitrogen and oxygen atoms in total. The van der Waals surface area contributed by atoms with Gasteiger partial charge in [-0.05, 0) is 48.7 Å². The zero-order valence-corrected chi connectivity index (χ0v) is 19.5. The third-order valence-corrected chi connectivity index (χ3v) is 5.59. The van der Waals surface area contributed by atoms with Crippen molar-refractivity contribution in [3.05, 3.63) is 89.6 Å². The molecule has 34 heavy (non-hydrogen) atoms. The van der Waals surface area contributed by atoms with Crippen molar-refractivity contribution in [2.75, 3.05) is 26.1 Å². The van der Waals surface area contributed by atoms with Crippen molar-refractivity contribution in [3.63, 3.8) is 0 Å². The first-order valence-electron chi connectivity index (χ1n) is 11.0. The number of fused-ring (bicyclic) bond motifs is 1. The van der Waals surface area contributed by atoms with Crippen LogP contribution in [0.3, 0.4) is 0 Å².